The lowest BCUT2D eigenvalue weighted by Gasteiger charge is -2.32. The Kier molecular flexibility index (Phi) is 4.12. The zero-order valence-electron chi connectivity index (χ0n) is 12.9. The van der Waals surface area contributed by atoms with Crippen molar-refractivity contribution in [1.29, 1.82) is 0 Å². The quantitative estimate of drug-likeness (QED) is 0.789. The lowest BCUT2D eigenvalue weighted by atomic mass is 10.0. The Morgan fingerprint density at radius 2 is 1.91 bits per heavy atom. The molecule has 0 bridgehead atoms. The van der Waals surface area contributed by atoms with Gasteiger partial charge in [-0.3, -0.25) is 0 Å². The van der Waals surface area contributed by atoms with Crippen LogP contribution in [-0.4, -0.2) is 41.0 Å². The molecule has 2 amide bonds. The molecule has 2 aromatic rings. The van der Waals surface area contributed by atoms with Crippen molar-refractivity contribution in [2.75, 3.05) is 20.6 Å². The van der Waals surface area contributed by atoms with Crippen LogP contribution in [0, 0.1) is 0 Å². The van der Waals surface area contributed by atoms with E-state index in [9.17, 15) is 4.79 Å². The normalized spacial score (nSPS) is 17.8. The van der Waals surface area contributed by atoms with Crippen molar-refractivity contribution in [3.63, 3.8) is 0 Å². The topological polar surface area (TPSA) is 28.5 Å². The molecule has 0 radical (unpaired) electrons. The SMILES string of the molecule is CN(C)C(=O)N1CCCn2cccc2C1c1ccc(Cl)cc1. The van der Waals surface area contributed by atoms with Crippen LogP contribution in [-0.2, 0) is 6.54 Å². The van der Waals surface area contributed by atoms with Crippen molar-refractivity contribution in [1.82, 2.24) is 14.4 Å². The van der Waals surface area contributed by atoms with Crippen molar-refractivity contribution in [3.05, 3.63) is 58.9 Å². The summed E-state index contributed by atoms with van der Waals surface area (Å²) < 4.78 is 2.24. The monoisotopic (exact) mass is 317 g/mol. The maximum Gasteiger partial charge on any atom is 0.320 e. The number of benzene rings is 1. The lowest BCUT2D eigenvalue weighted by Crippen LogP contribution is -2.42. The van der Waals surface area contributed by atoms with Gasteiger partial charge in [0.25, 0.3) is 0 Å². The van der Waals surface area contributed by atoms with Crippen molar-refractivity contribution in [2.45, 2.75) is 19.0 Å². The zero-order valence-corrected chi connectivity index (χ0v) is 13.6. The van der Waals surface area contributed by atoms with Gasteiger partial charge < -0.3 is 14.4 Å². The molecule has 0 fully saturated rings. The first-order valence-electron chi connectivity index (χ1n) is 7.46. The largest absolute Gasteiger partial charge is 0.349 e. The highest BCUT2D eigenvalue weighted by molar-refractivity contribution is 6.30. The van der Waals surface area contributed by atoms with Crippen LogP contribution in [0.3, 0.4) is 0 Å². The number of urea groups is 1. The van der Waals surface area contributed by atoms with E-state index in [0.29, 0.717) is 5.02 Å². The molecule has 22 heavy (non-hydrogen) atoms. The van der Waals surface area contributed by atoms with Crippen LogP contribution in [0.5, 0.6) is 0 Å². The van der Waals surface area contributed by atoms with Crippen molar-refractivity contribution < 1.29 is 4.79 Å². The maximum atomic E-state index is 12.6. The van der Waals surface area contributed by atoms with Gasteiger partial charge in [0, 0.05) is 44.1 Å². The zero-order chi connectivity index (χ0) is 15.7. The Hall–Kier alpha value is -1.94. The lowest BCUT2D eigenvalue weighted by molar-refractivity contribution is 0.159. The molecule has 116 valence electrons. The Morgan fingerprint density at radius 1 is 1.18 bits per heavy atom. The van der Waals surface area contributed by atoms with E-state index in [1.807, 2.05) is 35.2 Å². The fourth-order valence-corrected chi connectivity index (χ4v) is 3.16. The molecule has 1 unspecified atom stereocenters. The second-order valence-corrected chi connectivity index (χ2v) is 6.24. The van der Waals surface area contributed by atoms with Crippen molar-refractivity contribution in [3.8, 4) is 0 Å². The van der Waals surface area contributed by atoms with Gasteiger partial charge in [0.2, 0.25) is 0 Å². The highest BCUT2D eigenvalue weighted by atomic mass is 35.5. The fourth-order valence-electron chi connectivity index (χ4n) is 3.04. The third-order valence-electron chi connectivity index (χ3n) is 4.07. The molecule has 1 aromatic carbocycles. The molecular formula is C17H20ClN3O. The summed E-state index contributed by atoms with van der Waals surface area (Å²) in [5, 5.41) is 0.707. The summed E-state index contributed by atoms with van der Waals surface area (Å²) in [4.78, 5) is 16.2. The molecule has 4 nitrogen and oxygen atoms in total. The van der Waals surface area contributed by atoms with E-state index in [0.717, 1.165) is 30.8 Å². The summed E-state index contributed by atoms with van der Waals surface area (Å²) in [5.74, 6) is 0. The number of nitrogens with zero attached hydrogens (tertiary/aromatic N) is 3. The minimum absolute atomic E-state index is 0.0367. The fraction of sp³-hybridized carbons (Fsp3) is 0.353. The second kappa shape index (κ2) is 6.05. The van der Waals surface area contributed by atoms with Crippen molar-refractivity contribution in [2.24, 2.45) is 0 Å². The van der Waals surface area contributed by atoms with Crippen LogP contribution in [0.25, 0.3) is 0 Å². The molecule has 1 atom stereocenters. The van der Waals surface area contributed by atoms with Gasteiger partial charge >= 0.3 is 6.03 Å². The van der Waals surface area contributed by atoms with E-state index >= 15 is 0 Å². The number of carbonyl (C=O) groups excluding carboxylic acids is 1. The van der Waals surface area contributed by atoms with Crippen LogP contribution in [0.4, 0.5) is 4.79 Å². The first-order valence-corrected chi connectivity index (χ1v) is 7.84. The molecule has 1 aromatic heterocycles. The third kappa shape index (κ3) is 2.71. The molecule has 3 rings (SSSR count). The molecule has 5 heteroatoms. The van der Waals surface area contributed by atoms with E-state index in [2.05, 4.69) is 16.8 Å². The number of aromatic nitrogens is 1. The van der Waals surface area contributed by atoms with Gasteiger partial charge in [-0.05, 0) is 36.2 Å². The van der Waals surface area contributed by atoms with Gasteiger partial charge in [-0.15, -0.1) is 0 Å². The summed E-state index contributed by atoms with van der Waals surface area (Å²) in [6.45, 7) is 1.68. The Morgan fingerprint density at radius 3 is 2.59 bits per heavy atom. The van der Waals surface area contributed by atoms with Gasteiger partial charge in [-0.2, -0.15) is 0 Å². The van der Waals surface area contributed by atoms with E-state index in [1.165, 1.54) is 0 Å². The molecule has 0 saturated carbocycles. The minimum atomic E-state index is -0.0790. The van der Waals surface area contributed by atoms with E-state index < -0.39 is 0 Å². The molecule has 1 aliphatic heterocycles. The van der Waals surface area contributed by atoms with E-state index in [1.54, 1.807) is 19.0 Å². The van der Waals surface area contributed by atoms with E-state index in [4.69, 9.17) is 11.6 Å². The molecule has 0 aliphatic carbocycles. The number of aryl methyl sites for hydroxylation is 1. The number of amides is 2. The first-order chi connectivity index (χ1) is 10.6. The van der Waals surface area contributed by atoms with Crippen LogP contribution in [0.2, 0.25) is 5.02 Å². The number of hydrogen-bond acceptors (Lipinski definition) is 1. The summed E-state index contributed by atoms with van der Waals surface area (Å²) in [6, 6.07) is 11.9. The highest BCUT2D eigenvalue weighted by Gasteiger charge is 2.31. The smallest absolute Gasteiger partial charge is 0.320 e. The van der Waals surface area contributed by atoms with Crippen molar-refractivity contribution >= 4 is 17.6 Å². The molecule has 0 N–H and O–H groups in total. The average Bonchev–Trinajstić information content (AvgIpc) is 2.88. The van der Waals surface area contributed by atoms with Gasteiger partial charge in [-0.1, -0.05) is 23.7 Å². The number of rotatable bonds is 1. The Balaban J connectivity index is 2.09. The maximum absolute atomic E-state index is 12.6. The summed E-state index contributed by atoms with van der Waals surface area (Å²) >= 11 is 6.02. The van der Waals surface area contributed by atoms with Crippen LogP contribution in [0.1, 0.15) is 23.7 Å². The van der Waals surface area contributed by atoms with Gasteiger partial charge in [-0.25, -0.2) is 4.79 Å². The predicted octanol–water partition coefficient (Wildman–Crippen LogP) is 3.62. The van der Waals surface area contributed by atoms with Gasteiger partial charge in [0.05, 0.1) is 6.04 Å². The number of fused-ring (bicyclic) bond motifs is 1. The van der Waals surface area contributed by atoms with Crippen LogP contribution < -0.4 is 0 Å². The van der Waals surface area contributed by atoms with Crippen LogP contribution in [0.15, 0.2) is 42.6 Å². The van der Waals surface area contributed by atoms with E-state index in [-0.39, 0.29) is 12.1 Å². The van der Waals surface area contributed by atoms with Crippen LogP contribution >= 0.6 is 11.6 Å². The second-order valence-electron chi connectivity index (χ2n) is 5.80. The molecule has 0 saturated heterocycles. The summed E-state index contributed by atoms with van der Waals surface area (Å²) in [6.07, 6.45) is 3.03. The Bertz CT molecular complexity index is 663. The first kappa shape index (κ1) is 15.0. The van der Waals surface area contributed by atoms with Gasteiger partial charge in [0.15, 0.2) is 0 Å². The van der Waals surface area contributed by atoms with Gasteiger partial charge in [0.1, 0.15) is 0 Å². The summed E-state index contributed by atoms with van der Waals surface area (Å²) in [5.41, 5.74) is 2.23. The molecule has 1 aliphatic rings. The minimum Gasteiger partial charge on any atom is -0.349 e. The predicted molar refractivity (Wildman–Crippen MR) is 88.1 cm³/mol. The number of halogens is 1. The Labute approximate surface area is 135 Å². The molecule has 0 spiro atoms. The average molecular weight is 318 g/mol. The highest BCUT2D eigenvalue weighted by Crippen LogP contribution is 2.32. The number of carbonyl (C=O) groups is 1. The molecular weight excluding hydrogens is 298 g/mol. The molecule has 2 heterocycles. The third-order valence-corrected chi connectivity index (χ3v) is 4.32. The standard InChI is InChI=1S/C17H20ClN3O/c1-19(2)17(22)21-12-4-11-20-10-3-5-15(20)16(21)13-6-8-14(18)9-7-13/h3,5-10,16H,4,11-12H2,1-2H3. The number of hydrogen-bond donors (Lipinski definition) is 0. The summed E-state index contributed by atoms with van der Waals surface area (Å²) in [7, 11) is 3.59.